The molecule has 2 aromatic carbocycles. The predicted molar refractivity (Wildman–Crippen MR) is 83.1 cm³/mol. The summed E-state index contributed by atoms with van der Waals surface area (Å²) in [4.78, 5) is 10.9. The van der Waals surface area contributed by atoms with Crippen molar-refractivity contribution in [1.82, 2.24) is 0 Å². The molecule has 5 heteroatoms. The minimum absolute atomic E-state index is 0.0151. The Balaban J connectivity index is 2.09. The maximum atomic E-state index is 10.9. The monoisotopic (exact) mass is 305 g/mol. The number of rotatable bonds is 6. The lowest BCUT2D eigenvalue weighted by atomic mass is 10.0. The average molecular weight is 306 g/mol. The summed E-state index contributed by atoms with van der Waals surface area (Å²) in [6.45, 7) is 0.534. The van der Waals surface area contributed by atoms with Crippen molar-refractivity contribution in [3.8, 4) is 5.75 Å². The van der Waals surface area contributed by atoms with E-state index in [0.717, 1.165) is 16.8 Å². The zero-order valence-corrected chi connectivity index (χ0v) is 12.4. The van der Waals surface area contributed by atoms with Crippen LogP contribution in [0.5, 0.6) is 5.75 Å². The van der Waals surface area contributed by atoms with Crippen molar-refractivity contribution in [3.63, 3.8) is 0 Å². The second kappa shape index (κ2) is 6.99. The molecule has 0 heterocycles. The maximum absolute atomic E-state index is 10.9. The molecular formula is C16H16ClNO3. The Labute approximate surface area is 128 Å². The maximum Gasteiger partial charge on any atom is 0.307 e. The van der Waals surface area contributed by atoms with E-state index in [1.165, 1.54) is 0 Å². The molecule has 21 heavy (non-hydrogen) atoms. The Bertz CT molecular complexity index is 643. The van der Waals surface area contributed by atoms with Crippen molar-refractivity contribution in [2.75, 3.05) is 12.4 Å². The minimum Gasteiger partial charge on any atom is -0.495 e. The molecule has 2 aromatic rings. The van der Waals surface area contributed by atoms with Gasteiger partial charge in [0, 0.05) is 12.2 Å². The topological polar surface area (TPSA) is 58.6 Å². The largest absolute Gasteiger partial charge is 0.495 e. The van der Waals surface area contributed by atoms with Crippen molar-refractivity contribution in [2.24, 2.45) is 0 Å². The summed E-state index contributed by atoms with van der Waals surface area (Å²) in [6, 6.07) is 12.9. The van der Waals surface area contributed by atoms with Gasteiger partial charge in [0.2, 0.25) is 0 Å². The molecule has 0 amide bonds. The van der Waals surface area contributed by atoms with E-state index in [0.29, 0.717) is 17.3 Å². The van der Waals surface area contributed by atoms with Crippen LogP contribution in [0.1, 0.15) is 11.1 Å². The van der Waals surface area contributed by atoms with Gasteiger partial charge in [-0.2, -0.15) is 0 Å². The van der Waals surface area contributed by atoms with Gasteiger partial charge in [0.15, 0.2) is 0 Å². The van der Waals surface area contributed by atoms with Crippen LogP contribution in [0.15, 0.2) is 42.5 Å². The number of carboxylic acids is 1. The van der Waals surface area contributed by atoms with Crippen molar-refractivity contribution in [1.29, 1.82) is 0 Å². The molecular weight excluding hydrogens is 290 g/mol. The number of halogens is 1. The lowest BCUT2D eigenvalue weighted by molar-refractivity contribution is -0.136. The van der Waals surface area contributed by atoms with Crippen LogP contribution in [0.2, 0.25) is 5.02 Å². The first kappa shape index (κ1) is 15.2. The summed E-state index contributed by atoms with van der Waals surface area (Å²) in [6.07, 6.45) is 0.0151. The highest BCUT2D eigenvalue weighted by Crippen LogP contribution is 2.27. The van der Waals surface area contributed by atoms with Crippen LogP contribution in [0.4, 0.5) is 5.69 Å². The second-order valence-electron chi connectivity index (χ2n) is 4.54. The van der Waals surface area contributed by atoms with Gasteiger partial charge < -0.3 is 15.2 Å². The highest BCUT2D eigenvalue weighted by Gasteiger charge is 2.07. The fraction of sp³-hybridized carbons (Fsp3) is 0.188. The number of hydrogen-bond donors (Lipinski definition) is 2. The van der Waals surface area contributed by atoms with Crippen molar-refractivity contribution < 1.29 is 14.6 Å². The standard InChI is InChI=1S/C16H16ClNO3/c1-21-15-7-6-13(9-14(15)17)18-10-12-5-3-2-4-11(12)8-16(19)20/h2-7,9,18H,8,10H2,1H3,(H,19,20). The molecule has 4 nitrogen and oxygen atoms in total. The van der Waals surface area contributed by atoms with Crippen molar-refractivity contribution in [2.45, 2.75) is 13.0 Å². The highest BCUT2D eigenvalue weighted by molar-refractivity contribution is 6.32. The number of carbonyl (C=O) groups is 1. The highest BCUT2D eigenvalue weighted by atomic mass is 35.5. The molecule has 0 aliphatic heterocycles. The van der Waals surface area contributed by atoms with Gasteiger partial charge in [-0.25, -0.2) is 0 Å². The fourth-order valence-corrected chi connectivity index (χ4v) is 2.30. The normalized spacial score (nSPS) is 10.2. The molecule has 0 saturated carbocycles. The van der Waals surface area contributed by atoms with Gasteiger partial charge in [-0.05, 0) is 29.3 Å². The second-order valence-corrected chi connectivity index (χ2v) is 4.95. The van der Waals surface area contributed by atoms with E-state index in [9.17, 15) is 4.79 Å². The van der Waals surface area contributed by atoms with Crippen LogP contribution in [-0.4, -0.2) is 18.2 Å². The number of aliphatic carboxylic acids is 1. The molecule has 0 aliphatic carbocycles. The number of benzene rings is 2. The number of carboxylic acid groups (broad SMARTS) is 1. The van der Waals surface area contributed by atoms with Crippen LogP contribution in [0.3, 0.4) is 0 Å². The molecule has 0 bridgehead atoms. The zero-order chi connectivity index (χ0) is 15.2. The molecule has 0 fully saturated rings. The Morgan fingerprint density at radius 3 is 2.57 bits per heavy atom. The van der Waals surface area contributed by atoms with Crippen molar-refractivity contribution in [3.05, 3.63) is 58.6 Å². The molecule has 0 atom stereocenters. The third kappa shape index (κ3) is 4.13. The van der Waals surface area contributed by atoms with Crippen LogP contribution in [-0.2, 0) is 17.8 Å². The van der Waals surface area contributed by atoms with Crippen LogP contribution < -0.4 is 10.1 Å². The summed E-state index contributed by atoms with van der Waals surface area (Å²) in [5, 5.41) is 12.7. The first-order chi connectivity index (χ1) is 10.1. The number of methoxy groups -OCH3 is 1. The van der Waals surface area contributed by atoms with Gasteiger partial charge in [-0.3, -0.25) is 4.79 Å². The molecule has 0 radical (unpaired) electrons. The molecule has 0 spiro atoms. The Hall–Kier alpha value is -2.20. The Kier molecular flexibility index (Phi) is 5.06. The van der Waals surface area contributed by atoms with Gasteiger partial charge in [0.05, 0.1) is 18.6 Å². The molecule has 2 N–H and O–H groups in total. The van der Waals surface area contributed by atoms with Gasteiger partial charge in [0.25, 0.3) is 0 Å². The number of ether oxygens (including phenoxy) is 1. The fourth-order valence-electron chi connectivity index (χ4n) is 2.04. The lowest BCUT2D eigenvalue weighted by Crippen LogP contribution is -2.07. The lowest BCUT2D eigenvalue weighted by Gasteiger charge is -2.11. The van der Waals surface area contributed by atoms with E-state index < -0.39 is 5.97 Å². The smallest absolute Gasteiger partial charge is 0.307 e. The first-order valence-electron chi connectivity index (χ1n) is 6.46. The van der Waals surface area contributed by atoms with Crippen LogP contribution >= 0.6 is 11.6 Å². The summed E-state index contributed by atoms with van der Waals surface area (Å²) >= 11 is 6.07. The minimum atomic E-state index is -0.838. The van der Waals surface area contributed by atoms with E-state index in [-0.39, 0.29) is 6.42 Å². The molecule has 0 aliphatic rings. The summed E-state index contributed by atoms with van der Waals surface area (Å²) in [5.41, 5.74) is 2.61. The number of hydrogen-bond acceptors (Lipinski definition) is 3. The molecule has 110 valence electrons. The Morgan fingerprint density at radius 2 is 1.95 bits per heavy atom. The van der Waals surface area contributed by atoms with Crippen molar-refractivity contribution >= 4 is 23.3 Å². The average Bonchev–Trinajstić information content (AvgIpc) is 2.46. The van der Waals surface area contributed by atoms with Gasteiger partial charge in [-0.15, -0.1) is 0 Å². The third-order valence-corrected chi connectivity index (χ3v) is 3.39. The van der Waals surface area contributed by atoms with Gasteiger partial charge in [0.1, 0.15) is 5.75 Å². The molecule has 0 unspecified atom stereocenters. The van der Waals surface area contributed by atoms with Crippen LogP contribution in [0.25, 0.3) is 0 Å². The van der Waals surface area contributed by atoms with Gasteiger partial charge >= 0.3 is 5.97 Å². The van der Waals surface area contributed by atoms with E-state index >= 15 is 0 Å². The Morgan fingerprint density at radius 1 is 1.24 bits per heavy atom. The summed E-state index contributed by atoms with van der Waals surface area (Å²) < 4.78 is 5.10. The summed E-state index contributed by atoms with van der Waals surface area (Å²) in [5.74, 6) is -0.219. The van der Waals surface area contributed by atoms with Gasteiger partial charge in [-0.1, -0.05) is 35.9 Å². The quantitative estimate of drug-likeness (QED) is 0.856. The molecule has 0 saturated heterocycles. The molecule has 0 aromatic heterocycles. The SMILES string of the molecule is COc1ccc(NCc2ccccc2CC(=O)O)cc1Cl. The number of nitrogens with one attached hydrogen (secondary N) is 1. The summed E-state index contributed by atoms with van der Waals surface area (Å²) in [7, 11) is 1.57. The molecule has 2 rings (SSSR count). The van der Waals surface area contributed by atoms with E-state index in [4.69, 9.17) is 21.4 Å². The zero-order valence-electron chi connectivity index (χ0n) is 11.6. The van der Waals surface area contributed by atoms with E-state index in [1.54, 1.807) is 19.2 Å². The number of anilines is 1. The third-order valence-electron chi connectivity index (χ3n) is 3.09. The van der Waals surface area contributed by atoms with E-state index in [2.05, 4.69) is 5.32 Å². The predicted octanol–water partition coefficient (Wildman–Crippen LogP) is 3.59. The van der Waals surface area contributed by atoms with Crippen LogP contribution in [0, 0.1) is 0 Å². The first-order valence-corrected chi connectivity index (χ1v) is 6.84. The van der Waals surface area contributed by atoms with E-state index in [1.807, 2.05) is 30.3 Å².